The number of amides is 2. The summed E-state index contributed by atoms with van der Waals surface area (Å²) in [5, 5.41) is 17.2. The van der Waals surface area contributed by atoms with E-state index >= 15 is 0 Å². The maximum Gasteiger partial charge on any atom is 0.267 e. The topological polar surface area (TPSA) is 85.2 Å². The van der Waals surface area contributed by atoms with E-state index < -0.39 is 0 Å². The van der Waals surface area contributed by atoms with E-state index in [0.717, 1.165) is 38.0 Å². The van der Waals surface area contributed by atoms with Crippen LogP contribution in [0.25, 0.3) is 0 Å². The van der Waals surface area contributed by atoms with Crippen LogP contribution in [0.3, 0.4) is 0 Å². The second-order valence-electron chi connectivity index (χ2n) is 6.94. The summed E-state index contributed by atoms with van der Waals surface area (Å²) in [6.45, 7) is 2.40. The molecule has 8 heteroatoms. The van der Waals surface area contributed by atoms with Crippen LogP contribution < -0.4 is 5.32 Å². The van der Waals surface area contributed by atoms with E-state index in [1.165, 1.54) is 17.1 Å². The number of likely N-dealkylation sites (tertiary alicyclic amines) is 1. The summed E-state index contributed by atoms with van der Waals surface area (Å²) >= 11 is 0. The highest BCUT2D eigenvalue weighted by atomic mass is 19.1. The Balaban J connectivity index is 1.47. The van der Waals surface area contributed by atoms with Crippen LogP contribution in [0.4, 0.5) is 4.39 Å². The normalized spacial score (nSPS) is 19.1. The van der Waals surface area contributed by atoms with Crippen molar-refractivity contribution in [3.63, 3.8) is 0 Å². The molecule has 0 bridgehead atoms. The molecular weight excluding hydrogens is 351 g/mol. The van der Waals surface area contributed by atoms with Crippen molar-refractivity contribution >= 4 is 17.5 Å². The van der Waals surface area contributed by atoms with Gasteiger partial charge in [-0.2, -0.15) is 5.10 Å². The molecule has 0 aliphatic carbocycles. The number of benzene rings is 1. The van der Waals surface area contributed by atoms with Gasteiger partial charge < -0.3 is 10.4 Å². The predicted molar refractivity (Wildman–Crippen MR) is 98.3 cm³/mol. The van der Waals surface area contributed by atoms with Crippen LogP contribution in [0.2, 0.25) is 0 Å². The predicted octanol–water partition coefficient (Wildman–Crippen LogP) is 0.877. The third-order valence-electron chi connectivity index (χ3n) is 4.92. The molecule has 0 aromatic heterocycles. The van der Waals surface area contributed by atoms with Crippen molar-refractivity contribution in [2.24, 2.45) is 5.10 Å². The van der Waals surface area contributed by atoms with Crippen LogP contribution in [-0.2, 0) is 16.1 Å². The van der Waals surface area contributed by atoms with Crippen molar-refractivity contribution in [2.75, 3.05) is 26.2 Å². The number of nitrogens with zero attached hydrogens (tertiary/aromatic N) is 3. The molecule has 2 aliphatic rings. The number of hydrazone groups is 1. The summed E-state index contributed by atoms with van der Waals surface area (Å²) in [6.07, 6.45) is 2.23. The Morgan fingerprint density at radius 3 is 2.59 bits per heavy atom. The lowest BCUT2D eigenvalue weighted by Crippen LogP contribution is -2.47. The van der Waals surface area contributed by atoms with Crippen LogP contribution in [0.1, 0.15) is 31.2 Å². The first-order valence-electron chi connectivity index (χ1n) is 9.31. The van der Waals surface area contributed by atoms with E-state index in [4.69, 9.17) is 5.11 Å². The number of aliphatic hydroxyl groups excluding tert-OH is 1. The molecule has 2 amide bonds. The lowest BCUT2D eigenvalue weighted by Gasteiger charge is -2.32. The number of piperidine rings is 1. The first-order chi connectivity index (χ1) is 13.0. The minimum atomic E-state index is -0.234. The Kier molecular flexibility index (Phi) is 6.52. The molecule has 0 unspecified atom stereocenters. The summed E-state index contributed by atoms with van der Waals surface area (Å²) in [4.78, 5) is 26.4. The molecule has 7 nitrogen and oxygen atoms in total. The van der Waals surface area contributed by atoms with Crippen molar-refractivity contribution < 1.29 is 19.1 Å². The molecule has 3 rings (SSSR count). The largest absolute Gasteiger partial charge is 0.394 e. The van der Waals surface area contributed by atoms with Gasteiger partial charge in [0.05, 0.1) is 13.2 Å². The highest BCUT2D eigenvalue weighted by molar-refractivity contribution is 6.39. The highest BCUT2D eigenvalue weighted by Gasteiger charge is 2.27. The van der Waals surface area contributed by atoms with Gasteiger partial charge in [-0.1, -0.05) is 12.1 Å². The molecule has 0 radical (unpaired) electrons. The van der Waals surface area contributed by atoms with Gasteiger partial charge in [0.15, 0.2) is 0 Å². The Hall–Kier alpha value is -2.32. The van der Waals surface area contributed by atoms with Crippen LogP contribution in [0, 0.1) is 5.82 Å². The zero-order valence-corrected chi connectivity index (χ0v) is 15.2. The van der Waals surface area contributed by atoms with E-state index in [1.807, 2.05) is 0 Å². The summed E-state index contributed by atoms with van der Waals surface area (Å²) in [6, 6.07) is 6.61. The van der Waals surface area contributed by atoms with E-state index in [2.05, 4.69) is 15.3 Å². The van der Waals surface area contributed by atoms with Crippen LogP contribution in [0.15, 0.2) is 29.4 Å². The second-order valence-corrected chi connectivity index (χ2v) is 6.94. The van der Waals surface area contributed by atoms with Gasteiger partial charge in [0.25, 0.3) is 5.91 Å². The zero-order valence-electron chi connectivity index (χ0n) is 15.2. The number of hydrogen-bond acceptors (Lipinski definition) is 5. The van der Waals surface area contributed by atoms with Gasteiger partial charge in [0, 0.05) is 38.5 Å². The maximum absolute atomic E-state index is 13.0. The molecule has 27 heavy (non-hydrogen) atoms. The number of halogens is 1. The molecule has 0 atom stereocenters. The van der Waals surface area contributed by atoms with Crippen molar-refractivity contribution in [3.8, 4) is 0 Å². The van der Waals surface area contributed by atoms with E-state index in [0.29, 0.717) is 12.1 Å². The van der Waals surface area contributed by atoms with Crippen LogP contribution in [0.5, 0.6) is 0 Å². The molecule has 0 saturated carbocycles. The Morgan fingerprint density at radius 1 is 1.22 bits per heavy atom. The maximum atomic E-state index is 13.0. The fraction of sp³-hybridized carbons (Fsp3) is 0.526. The number of carbonyl (C=O) groups excluding carboxylic acids is 2. The molecule has 2 aliphatic heterocycles. The number of β-amino-alcohol motifs (C(OH)–C–C–N with tert-alkyl or cyclic N) is 1. The number of rotatable bonds is 6. The quantitative estimate of drug-likeness (QED) is 0.772. The van der Waals surface area contributed by atoms with Crippen LogP contribution in [-0.4, -0.2) is 64.8 Å². The summed E-state index contributed by atoms with van der Waals surface area (Å²) < 4.78 is 13.0. The Labute approximate surface area is 157 Å². The minimum absolute atomic E-state index is 0.0774. The van der Waals surface area contributed by atoms with Crippen molar-refractivity contribution in [1.82, 2.24) is 15.2 Å². The second kappa shape index (κ2) is 9.05. The lowest BCUT2D eigenvalue weighted by molar-refractivity contribution is -0.132. The molecule has 146 valence electrons. The SMILES string of the molecule is O=C(NC1CCN(Cc2ccc(F)cc2)CC1)C1=NN(CCO)C(=O)CC1. The van der Waals surface area contributed by atoms with E-state index in [-0.39, 0.29) is 43.2 Å². The Bertz CT molecular complexity index is 699. The standard InChI is InChI=1S/C19H25FN4O3/c20-15-3-1-14(2-4-15)13-23-9-7-16(8-10-23)21-19(27)17-5-6-18(26)24(22-17)11-12-25/h1-4,16,25H,5-13H2,(H,21,27). The van der Waals surface area contributed by atoms with Crippen molar-refractivity contribution in [2.45, 2.75) is 38.3 Å². The van der Waals surface area contributed by atoms with E-state index in [1.54, 1.807) is 12.1 Å². The number of hydrogen-bond donors (Lipinski definition) is 2. The monoisotopic (exact) mass is 376 g/mol. The molecule has 0 spiro atoms. The highest BCUT2D eigenvalue weighted by Crippen LogP contribution is 2.15. The smallest absolute Gasteiger partial charge is 0.267 e. The number of aliphatic hydroxyl groups is 1. The van der Waals surface area contributed by atoms with Gasteiger partial charge in [-0.3, -0.25) is 14.5 Å². The number of nitrogens with one attached hydrogen (secondary N) is 1. The van der Waals surface area contributed by atoms with Crippen molar-refractivity contribution in [3.05, 3.63) is 35.6 Å². The molecule has 1 aromatic carbocycles. The first-order valence-corrected chi connectivity index (χ1v) is 9.31. The van der Waals surface area contributed by atoms with E-state index in [9.17, 15) is 14.0 Å². The fourth-order valence-electron chi connectivity index (χ4n) is 3.39. The molecule has 2 heterocycles. The minimum Gasteiger partial charge on any atom is -0.394 e. The third kappa shape index (κ3) is 5.33. The summed E-state index contributed by atoms with van der Waals surface area (Å²) in [7, 11) is 0. The van der Waals surface area contributed by atoms with Crippen molar-refractivity contribution in [1.29, 1.82) is 0 Å². The average Bonchev–Trinajstić information content (AvgIpc) is 2.67. The van der Waals surface area contributed by atoms with Crippen LogP contribution >= 0.6 is 0 Å². The molecular formula is C19H25FN4O3. The molecule has 1 aromatic rings. The molecule has 2 N–H and O–H groups in total. The van der Waals surface area contributed by atoms with Gasteiger partial charge in [-0.05, 0) is 30.5 Å². The molecule has 1 fully saturated rings. The summed E-state index contributed by atoms with van der Waals surface area (Å²) in [5.74, 6) is -0.637. The van der Waals surface area contributed by atoms with Gasteiger partial charge in [-0.15, -0.1) is 0 Å². The lowest BCUT2D eigenvalue weighted by atomic mass is 10.0. The van der Waals surface area contributed by atoms with Gasteiger partial charge in [0.1, 0.15) is 11.5 Å². The first kappa shape index (κ1) is 19.4. The molecule has 1 saturated heterocycles. The Morgan fingerprint density at radius 2 is 1.93 bits per heavy atom. The fourth-order valence-corrected chi connectivity index (χ4v) is 3.39. The van der Waals surface area contributed by atoms with Gasteiger partial charge in [0.2, 0.25) is 5.91 Å². The average molecular weight is 376 g/mol. The van der Waals surface area contributed by atoms with Gasteiger partial charge in [-0.25, -0.2) is 9.40 Å². The summed E-state index contributed by atoms with van der Waals surface area (Å²) in [5.41, 5.74) is 1.42. The zero-order chi connectivity index (χ0) is 19.2. The van der Waals surface area contributed by atoms with Gasteiger partial charge >= 0.3 is 0 Å². The third-order valence-corrected chi connectivity index (χ3v) is 4.92. The number of carbonyl (C=O) groups is 2.